The van der Waals surface area contributed by atoms with Crippen LogP contribution >= 0.6 is 11.8 Å². The molecule has 2 heterocycles. The van der Waals surface area contributed by atoms with Gasteiger partial charge < -0.3 is 59.6 Å². The number of amides is 1. The van der Waals surface area contributed by atoms with Crippen LogP contribution in [0, 0.1) is 0 Å². The van der Waals surface area contributed by atoms with Crippen LogP contribution in [0.15, 0.2) is 17.8 Å². The molecule has 37 heavy (non-hydrogen) atoms. The molecular formula is C20H34N4O12S. The lowest BCUT2D eigenvalue weighted by atomic mass is 9.96. The van der Waals surface area contributed by atoms with Crippen molar-refractivity contribution in [3.05, 3.63) is 23.1 Å². The SMILES string of the molecule is C=CCOC(=O)N[C@@H]1[C@@H](O)[C@H](O[C@@H]2O[C@H](CO)[C@H](O)[C@H](O)[C@H]2O)[C@@H](CO)O[C@H]1SCCOCCN=[N+]=[N-]. The molecule has 2 aliphatic heterocycles. The fourth-order valence-electron chi connectivity index (χ4n) is 3.65. The first-order chi connectivity index (χ1) is 17.8. The van der Waals surface area contributed by atoms with Gasteiger partial charge in [-0.05, 0) is 5.53 Å². The second-order valence-corrected chi connectivity index (χ2v) is 9.22. The Bertz CT molecular complexity index is 761. The Labute approximate surface area is 216 Å². The Morgan fingerprint density at radius 1 is 1.08 bits per heavy atom. The zero-order valence-electron chi connectivity index (χ0n) is 19.9. The maximum absolute atomic E-state index is 12.2. The van der Waals surface area contributed by atoms with Gasteiger partial charge in [-0.1, -0.05) is 17.8 Å². The fraction of sp³-hybridized carbons (Fsp3) is 0.850. The lowest BCUT2D eigenvalue weighted by Gasteiger charge is -2.47. The molecule has 0 spiro atoms. The van der Waals surface area contributed by atoms with Gasteiger partial charge in [0.25, 0.3) is 0 Å². The number of ether oxygens (including phenoxy) is 5. The molecule has 0 bridgehead atoms. The van der Waals surface area contributed by atoms with Crippen LogP contribution in [0.4, 0.5) is 4.79 Å². The second kappa shape index (κ2) is 16.3. The quantitative estimate of drug-likeness (QED) is 0.0389. The first-order valence-corrected chi connectivity index (χ1v) is 12.5. The summed E-state index contributed by atoms with van der Waals surface area (Å²) in [5, 5.41) is 66.6. The van der Waals surface area contributed by atoms with Gasteiger partial charge in [0.15, 0.2) is 6.29 Å². The number of thioether (sulfide) groups is 1. The molecule has 0 unspecified atom stereocenters. The minimum absolute atomic E-state index is 0.101. The number of aliphatic hydroxyl groups is 6. The highest BCUT2D eigenvalue weighted by Gasteiger charge is 2.51. The van der Waals surface area contributed by atoms with Gasteiger partial charge in [-0.3, -0.25) is 0 Å². The number of nitrogens with one attached hydrogen (secondary N) is 1. The summed E-state index contributed by atoms with van der Waals surface area (Å²) in [4.78, 5) is 14.9. The van der Waals surface area contributed by atoms with Gasteiger partial charge >= 0.3 is 6.09 Å². The van der Waals surface area contributed by atoms with Crippen LogP contribution in [-0.4, -0.2) is 143 Å². The predicted octanol–water partition coefficient (Wildman–Crippen LogP) is -2.41. The molecule has 2 aliphatic rings. The molecule has 0 radical (unpaired) electrons. The number of azide groups is 1. The van der Waals surface area contributed by atoms with Crippen molar-refractivity contribution in [3.8, 4) is 0 Å². The van der Waals surface area contributed by atoms with E-state index in [0.717, 1.165) is 11.8 Å². The highest BCUT2D eigenvalue weighted by Crippen LogP contribution is 2.33. The Morgan fingerprint density at radius 3 is 2.46 bits per heavy atom. The monoisotopic (exact) mass is 554 g/mol. The highest BCUT2D eigenvalue weighted by atomic mass is 32.2. The lowest BCUT2D eigenvalue weighted by molar-refractivity contribution is -0.333. The third kappa shape index (κ3) is 8.91. The largest absolute Gasteiger partial charge is 0.445 e. The van der Waals surface area contributed by atoms with E-state index in [0.29, 0.717) is 5.75 Å². The van der Waals surface area contributed by atoms with E-state index in [2.05, 4.69) is 21.9 Å². The third-order valence-corrected chi connectivity index (χ3v) is 6.65. The number of carbonyl (C=O) groups is 1. The van der Waals surface area contributed by atoms with Gasteiger partial charge in [0.1, 0.15) is 54.8 Å². The van der Waals surface area contributed by atoms with E-state index in [-0.39, 0.29) is 26.4 Å². The zero-order chi connectivity index (χ0) is 27.4. The Morgan fingerprint density at radius 2 is 1.81 bits per heavy atom. The van der Waals surface area contributed by atoms with Gasteiger partial charge in [0.2, 0.25) is 0 Å². The molecule has 17 heteroatoms. The van der Waals surface area contributed by atoms with E-state index in [4.69, 9.17) is 29.2 Å². The van der Waals surface area contributed by atoms with Crippen LogP contribution in [0.5, 0.6) is 0 Å². The molecule has 0 aromatic carbocycles. The van der Waals surface area contributed by atoms with Gasteiger partial charge in [-0.15, -0.1) is 11.8 Å². The van der Waals surface area contributed by atoms with Gasteiger partial charge in [0, 0.05) is 17.2 Å². The Kier molecular flexibility index (Phi) is 13.9. The van der Waals surface area contributed by atoms with Crippen LogP contribution in [0.25, 0.3) is 10.4 Å². The number of alkyl carbamates (subject to hydrolysis) is 1. The first-order valence-electron chi connectivity index (χ1n) is 11.4. The topological polar surface area (TPSA) is 245 Å². The van der Waals surface area contributed by atoms with Gasteiger partial charge in [-0.2, -0.15) is 0 Å². The summed E-state index contributed by atoms with van der Waals surface area (Å²) in [5.74, 6) is 0.337. The smallest absolute Gasteiger partial charge is 0.407 e. The Hall–Kier alpha value is -1.73. The van der Waals surface area contributed by atoms with Crippen LogP contribution < -0.4 is 5.32 Å². The number of aliphatic hydroxyl groups excluding tert-OH is 6. The van der Waals surface area contributed by atoms with Gasteiger partial charge in [-0.25, -0.2) is 4.79 Å². The number of carbonyl (C=O) groups excluding carboxylic acids is 1. The summed E-state index contributed by atoms with van der Waals surface area (Å²) in [5.41, 5.74) is 7.37. The minimum Gasteiger partial charge on any atom is -0.445 e. The summed E-state index contributed by atoms with van der Waals surface area (Å²) in [7, 11) is 0. The van der Waals surface area contributed by atoms with Crippen LogP contribution in [-0.2, 0) is 23.7 Å². The van der Waals surface area contributed by atoms with E-state index in [1.807, 2.05) is 0 Å². The standard InChI is InChI=1S/C20H34N4O12S/c1-2-4-33-20(31)23-12-14(28)17(36-18-16(30)15(29)13(27)10(8-25)34-18)11(9-26)35-19(12)37-7-6-32-5-3-22-24-21/h2,10-19,25-30H,1,3-9H2,(H,23,31)/t10-,11-,12-,13+,14-,15+,16-,17-,18+,19+/m1/s1. The van der Waals surface area contributed by atoms with E-state index < -0.39 is 79.8 Å². The van der Waals surface area contributed by atoms with Crippen molar-refractivity contribution in [2.45, 2.75) is 60.5 Å². The van der Waals surface area contributed by atoms with Crippen LogP contribution in [0.1, 0.15) is 0 Å². The van der Waals surface area contributed by atoms with Crippen molar-refractivity contribution in [3.63, 3.8) is 0 Å². The van der Waals surface area contributed by atoms with Crippen LogP contribution in [0.2, 0.25) is 0 Å². The molecule has 0 saturated carbocycles. The predicted molar refractivity (Wildman–Crippen MR) is 126 cm³/mol. The third-order valence-electron chi connectivity index (χ3n) is 5.52. The average molecular weight is 555 g/mol. The van der Waals surface area contributed by atoms with Crippen molar-refractivity contribution in [1.29, 1.82) is 0 Å². The molecule has 2 rings (SSSR count). The molecular weight excluding hydrogens is 520 g/mol. The van der Waals surface area contributed by atoms with Crippen molar-refractivity contribution in [1.82, 2.24) is 5.32 Å². The second-order valence-electron chi connectivity index (χ2n) is 8.01. The summed E-state index contributed by atoms with van der Waals surface area (Å²) in [6.07, 6.45) is -11.6. The Balaban J connectivity index is 2.13. The van der Waals surface area contributed by atoms with E-state index in [1.165, 1.54) is 6.08 Å². The van der Waals surface area contributed by atoms with Crippen molar-refractivity contribution in [2.24, 2.45) is 5.11 Å². The van der Waals surface area contributed by atoms with Crippen molar-refractivity contribution >= 4 is 17.9 Å². The summed E-state index contributed by atoms with van der Waals surface area (Å²) in [6, 6.07) is -1.14. The lowest BCUT2D eigenvalue weighted by Crippen LogP contribution is -2.66. The molecule has 2 fully saturated rings. The highest BCUT2D eigenvalue weighted by molar-refractivity contribution is 7.99. The number of hydrogen-bond acceptors (Lipinski definition) is 14. The first kappa shape index (κ1) is 31.5. The molecule has 2 saturated heterocycles. The van der Waals surface area contributed by atoms with E-state index in [9.17, 15) is 35.4 Å². The summed E-state index contributed by atoms with van der Waals surface area (Å²) < 4.78 is 27.1. The molecule has 1 amide bonds. The van der Waals surface area contributed by atoms with Crippen molar-refractivity contribution in [2.75, 3.05) is 45.3 Å². The average Bonchev–Trinajstić information content (AvgIpc) is 2.89. The molecule has 0 aliphatic carbocycles. The molecule has 0 aromatic heterocycles. The maximum Gasteiger partial charge on any atom is 0.407 e. The molecule has 16 nitrogen and oxygen atoms in total. The van der Waals surface area contributed by atoms with E-state index in [1.54, 1.807) is 0 Å². The molecule has 212 valence electrons. The zero-order valence-corrected chi connectivity index (χ0v) is 20.7. The number of hydrogen-bond donors (Lipinski definition) is 7. The molecule has 10 atom stereocenters. The van der Waals surface area contributed by atoms with Crippen molar-refractivity contribution < 1.29 is 59.1 Å². The van der Waals surface area contributed by atoms with Gasteiger partial charge in [0.05, 0.1) is 32.5 Å². The summed E-state index contributed by atoms with van der Waals surface area (Å²) in [6.45, 7) is 2.60. The minimum atomic E-state index is -1.76. The maximum atomic E-state index is 12.2. The van der Waals surface area contributed by atoms with E-state index >= 15 is 0 Å². The number of rotatable bonds is 14. The molecule has 0 aromatic rings. The fourth-order valence-corrected chi connectivity index (χ4v) is 4.76. The molecule has 7 N–H and O–H groups in total. The number of nitrogens with zero attached hydrogens (tertiary/aromatic N) is 3. The summed E-state index contributed by atoms with van der Waals surface area (Å²) >= 11 is 1.16. The normalized spacial score (nSPS) is 35.8. The van der Waals surface area contributed by atoms with Crippen LogP contribution in [0.3, 0.4) is 0 Å².